The van der Waals surface area contributed by atoms with Crippen molar-refractivity contribution in [2.24, 2.45) is 0 Å². The van der Waals surface area contributed by atoms with Crippen LogP contribution in [0.2, 0.25) is 0 Å². The van der Waals surface area contributed by atoms with Crippen LogP contribution in [0.3, 0.4) is 0 Å². The molecule has 0 radical (unpaired) electrons. The number of halogens is 1. The maximum Gasteiger partial charge on any atom is 0.266 e. The average molecular weight is 478 g/mol. The van der Waals surface area contributed by atoms with Gasteiger partial charge in [-0.25, -0.2) is 9.37 Å². The molecule has 0 aliphatic carbocycles. The largest absolute Gasteiger partial charge is 0.356 e. The van der Waals surface area contributed by atoms with Crippen LogP contribution < -0.4 is 10.9 Å². The summed E-state index contributed by atoms with van der Waals surface area (Å²) in [4.78, 5) is 31.8. The molecule has 35 heavy (non-hydrogen) atoms. The fraction of sp³-hybridized carbons (Fsp3) is 0.308. The fourth-order valence-corrected chi connectivity index (χ4v) is 3.88. The Kier molecular flexibility index (Phi) is 7.99. The molecule has 0 spiro atoms. The number of hydrogen-bond donors (Lipinski definition) is 1. The van der Waals surface area contributed by atoms with Gasteiger partial charge in [0.05, 0.1) is 0 Å². The topological polar surface area (TPSA) is 93.3 Å². The van der Waals surface area contributed by atoms with Gasteiger partial charge < -0.3 is 9.84 Å². The maximum absolute atomic E-state index is 13.3. The third-order valence-corrected chi connectivity index (χ3v) is 5.83. The molecule has 9 heteroatoms. The summed E-state index contributed by atoms with van der Waals surface area (Å²) < 4.78 is 19.8. The summed E-state index contributed by atoms with van der Waals surface area (Å²) in [6.45, 7) is 5.57. The first kappa shape index (κ1) is 24.3. The Morgan fingerprint density at radius 1 is 1.14 bits per heavy atom. The second-order valence-electron chi connectivity index (χ2n) is 8.27. The number of benzene rings is 2. The molecule has 4 rings (SSSR count). The molecule has 4 aromatic rings. The normalized spacial score (nSPS) is 11.3. The SMILES string of the molecule is CCN(CCCNC(=O)CCn1cnc2onc(-c3ccc(F)cc3)c2c1=O)Cc1ccccc1. The number of rotatable bonds is 11. The Morgan fingerprint density at radius 3 is 2.66 bits per heavy atom. The molecule has 0 atom stereocenters. The Morgan fingerprint density at radius 2 is 1.91 bits per heavy atom. The van der Waals surface area contributed by atoms with Gasteiger partial charge in [0.15, 0.2) is 0 Å². The number of fused-ring (bicyclic) bond motifs is 1. The summed E-state index contributed by atoms with van der Waals surface area (Å²) in [6.07, 6.45) is 2.33. The monoisotopic (exact) mass is 477 g/mol. The van der Waals surface area contributed by atoms with Crippen LogP contribution >= 0.6 is 0 Å². The summed E-state index contributed by atoms with van der Waals surface area (Å²) in [5.74, 6) is -0.520. The van der Waals surface area contributed by atoms with Crippen LogP contribution in [-0.4, -0.2) is 45.1 Å². The lowest BCUT2D eigenvalue weighted by Crippen LogP contribution is -2.31. The Labute approximate surface area is 202 Å². The van der Waals surface area contributed by atoms with Crippen molar-refractivity contribution < 1.29 is 13.7 Å². The van der Waals surface area contributed by atoms with Gasteiger partial charge in [-0.1, -0.05) is 42.4 Å². The summed E-state index contributed by atoms with van der Waals surface area (Å²) in [6, 6.07) is 15.9. The van der Waals surface area contributed by atoms with Crippen molar-refractivity contribution in [2.75, 3.05) is 19.6 Å². The second kappa shape index (κ2) is 11.5. The predicted molar refractivity (Wildman–Crippen MR) is 131 cm³/mol. The lowest BCUT2D eigenvalue weighted by Gasteiger charge is -2.20. The zero-order valence-electron chi connectivity index (χ0n) is 19.6. The van der Waals surface area contributed by atoms with E-state index in [1.165, 1.54) is 40.7 Å². The highest BCUT2D eigenvalue weighted by atomic mass is 19.1. The van der Waals surface area contributed by atoms with Gasteiger partial charge in [0.2, 0.25) is 5.91 Å². The molecule has 0 saturated heterocycles. The van der Waals surface area contributed by atoms with Crippen molar-refractivity contribution >= 4 is 17.0 Å². The molecule has 1 amide bonds. The Bertz CT molecular complexity index is 1320. The third-order valence-electron chi connectivity index (χ3n) is 5.83. The quantitative estimate of drug-likeness (QED) is 0.332. The molecule has 0 saturated carbocycles. The van der Waals surface area contributed by atoms with E-state index in [-0.39, 0.29) is 41.3 Å². The van der Waals surface area contributed by atoms with E-state index in [1.807, 2.05) is 18.2 Å². The predicted octanol–water partition coefficient (Wildman–Crippen LogP) is 3.61. The zero-order valence-corrected chi connectivity index (χ0v) is 19.6. The van der Waals surface area contributed by atoms with Crippen molar-refractivity contribution in [1.82, 2.24) is 24.9 Å². The minimum atomic E-state index is -0.387. The minimum absolute atomic E-state index is 0.103. The Hall–Kier alpha value is -3.85. The van der Waals surface area contributed by atoms with E-state index in [4.69, 9.17) is 4.52 Å². The van der Waals surface area contributed by atoms with E-state index in [1.54, 1.807) is 0 Å². The van der Waals surface area contributed by atoms with Gasteiger partial charge in [-0.2, -0.15) is 0 Å². The van der Waals surface area contributed by atoms with Crippen molar-refractivity contribution in [3.8, 4) is 11.3 Å². The van der Waals surface area contributed by atoms with Crippen LogP contribution in [0, 0.1) is 5.82 Å². The summed E-state index contributed by atoms with van der Waals surface area (Å²) >= 11 is 0. The lowest BCUT2D eigenvalue weighted by molar-refractivity contribution is -0.121. The number of nitrogens with zero attached hydrogens (tertiary/aromatic N) is 4. The molecule has 0 fully saturated rings. The number of aromatic nitrogens is 3. The average Bonchev–Trinajstić information content (AvgIpc) is 3.31. The summed E-state index contributed by atoms with van der Waals surface area (Å²) in [5, 5.41) is 7.06. The zero-order chi connectivity index (χ0) is 24.6. The molecule has 1 N–H and O–H groups in total. The van der Waals surface area contributed by atoms with E-state index in [0.29, 0.717) is 17.8 Å². The molecule has 0 unspecified atom stereocenters. The number of amides is 1. The van der Waals surface area contributed by atoms with Crippen LogP contribution in [0.5, 0.6) is 0 Å². The first-order valence-electron chi connectivity index (χ1n) is 11.7. The molecule has 0 aliphatic heterocycles. The molecule has 2 aromatic heterocycles. The van der Waals surface area contributed by atoms with Gasteiger partial charge in [0.1, 0.15) is 23.2 Å². The van der Waals surface area contributed by atoms with Crippen molar-refractivity contribution in [3.05, 3.63) is 82.7 Å². The van der Waals surface area contributed by atoms with Crippen LogP contribution in [0.4, 0.5) is 4.39 Å². The van der Waals surface area contributed by atoms with Crippen molar-refractivity contribution in [1.29, 1.82) is 0 Å². The Balaban J connectivity index is 1.29. The lowest BCUT2D eigenvalue weighted by atomic mass is 10.1. The first-order chi connectivity index (χ1) is 17.0. The highest BCUT2D eigenvalue weighted by Crippen LogP contribution is 2.24. The van der Waals surface area contributed by atoms with Crippen LogP contribution in [0.25, 0.3) is 22.4 Å². The smallest absolute Gasteiger partial charge is 0.266 e. The fourth-order valence-electron chi connectivity index (χ4n) is 3.88. The van der Waals surface area contributed by atoms with E-state index in [2.05, 4.69) is 39.4 Å². The van der Waals surface area contributed by atoms with Crippen LogP contribution in [0.1, 0.15) is 25.3 Å². The molecule has 8 nitrogen and oxygen atoms in total. The number of hydrogen-bond acceptors (Lipinski definition) is 6. The van der Waals surface area contributed by atoms with E-state index < -0.39 is 0 Å². The van der Waals surface area contributed by atoms with Crippen molar-refractivity contribution in [3.63, 3.8) is 0 Å². The summed E-state index contributed by atoms with van der Waals surface area (Å²) in [5.41, 5.74) is 1.86. The molecule has 182 valence electrons. The summed E-state index contributed by atoms with van der Waals surface area (Å²) in [7, 11) is 0. The van der Waals surface area contributed by atoms with Crippen LogP contribution in [0.15, 0.2) is 70.2 Å². The molecule has 0 aliphatic rings. The highest BCUT2D eigenvalue weighted by Gasteiger charge is 2.17. The van der Waals surface area contributed by atoms with E-state index in [0.717, 1.165) is 26.1 Å². The van der Waals surface area contributed by atoms with Gasteiger partial charge in [0, 0.05) is 38.2 Å². The number of nitrogens with one attached hydrogen (secondary N) is 1. The van der Waals surface area contributed by atoms with Gasteiger partial charge in [-0.05, 0) is 42.8 Å². The van der Waals surface area contributed by atoms with Gasteiger partial charge >= 0.3 is 0 Å². The second-order valence-corrected chi connectivity index (χ2v) is 8.27. The molecule has 2 aromatic carbocycles. The van der Waals surface area contributed by atoms with Crippen molar-refractivity contribution in [2.45, 2.75) is 32.9 Å². The standard InChI is InChI=1S/C26H28FN5O3/c1-2-31(17-19-7-4-3-5-8-19)15-6-14-28-22(33)13-16-32-18-29-25-23(26(32)34)24(30-35-25)20-9-11-21(27)12-10-20/h3-5,7-12,18H,2,6,13-17H2,1H3,(H,28,33). The number of carbonyl (C=O) groups is 1. The van der Waals surface area contributed by atoms with Crippen LogP contribution in [-0.2, 0) is 17.9 Å². The first-order valence-corrected chi connectivity index (χ1v) is 11.7. The molecule has 0 bridgehead atoms. The maximum atomic E-state index is 13.3. The van der Waals surface area contributed by atoms with E-state index >= 15 is 0 Å². The molecular formula is C26H28FN5O3. The molecular weight excluding hydrogens is 449 g/mol. The van der Waals surface area contributed by atoms with Gasteiger partial charge in [0.25, 0.3) is 11.3 Å². The molecule has 2 heterocycles. The third kappa shape index (κ3) is 6.19. The minimum Gasteiger partial charge on any atom is -0.356 e. The van der Waals surface area contributed by atoms with Gasteiger partial charge in [-0.15, -0.1) is 0 Å². The van der Waals surface area contributed by atoms with Gasteiger partial charge in [-0.3, -0.25) is 19.1 Å². The number of carbonyl (C=O) groups excluding carboxylic acids is 1. The number of aryl methyl sites for hydroxylation is 1. The van der Waals surface area contributed by atoms with E-state index in [9.17, 15) is 14.0 Å². The highest BCUT2D eigenvalue weighted by molar-refractivity contribution is 5.88.